The van der Waals surface area contributed by atoms with Gasteiger partial charge in [-0.2, -0.15) is 0 Å². The number of phenols is 1. The van der Waals surface area contributed by atoms with Crippen LogP contribution in [0.3, 0.4) is 0 Å². The Morgan fingerprint density at radius 2 is 1.88 bits per heavy atom. The molecule has 1 atom stereocenters. The van der Waals surface area contributed by atoms with Crippen LogP contribution in [-0.4, -0.2) is 37.6 Å². The van der Waals surface area contributed by atoms with E-state index in [1.54, 1.807) is 14.2 Å². The number of benzene rings is 2. The zero-order valence-electron chi connectivity index (χ0n) is 14.9. The van der Waals surface area contributed by atoms with Crippen molar-refractivity contribution in [2.45, 2.75) is 25.4 Å². The van der Waals surface area contributed by atoms with Crippen LogP contribution in [0.5, 0.6) is 28.7 Å². The van der Waals surface area contributed by atoms with E-state index in [2.05, 4.69) is 17.0 Å². The van der Waals surface area contributed by atoms with Gasteiger partial charge in [0.2, 0.25) is 12.5 Å². The summed E-state index contributed by atoms with van der Waals surface area (Å²) in [5, 5.41) is 10.5. The highest BCUT2D eigenvalue weighted by Crippen LogP contribution is 2.49. The van der Waals surface area contributed by atoms with E-state index < -0.39 is 0 Å². The molecule has 0 radical (unpaired) electrons. The molecule has 0 aromatic heterocycles. The highest BCUT2D eigenvalue weighted by Gasteiger charge is 2.36. The third kappa shape index (κ3) is 2.15. The van der Waals surface area contributed by atoms with Gasteiger partial charge in [-0.3, -0.25) is 4.90 Å². The van der Waals surface area contributed by atoms with Crippen molar-refractivity contribution in [3.63, 3.8) is 0 Å². The standard InChI is InChI=1S/C20H21NO5/c1-23-18-6-12-9-21-4-3-11-5-16-17(26-10-25-16)8-13(11)15(21)7-14(12)20(24-2)19(18)22/h5-6,8,15,22H,3-4,7,9-10H2,1-2H3. The molecule has 0 saturated heterocycles. The summed E-state index contributed by atoms with van der Waals surface area (Å²) in [6.45, 7) is 2.08. The summed E-state index contributed by atoms with van der Waals surface area (Å²) < 4.78 is 22.0. The topological polar surface area (TPSA) is 60.4 Å². The van der Waals surface area contributed by atoms with Crippen LogP contribution < -0.4 is 18.9 Å². The van der Waals surface area contributed by atoms with E-state index >= 15 is 0 Å². The Kier molecular flexibility index (Phi) is 3.43. The summed E-state index contributed by atoms with van der Waals surface area (Å²) in [5.74, 6) is 2.71. The number of hydrogen-bond acceptors (Lipinski definition) is 6. The van der Waals surface area contributed by atoms with E-state index in [1.165, 1.54) is 11.1 Å². The molecule has 26 heavy (non-hydrogen) atoms. The number of fused-ring (bicyclic) bond motifs is 5. The summed E-state index contributed by atoms with van der Waals surface area (Å²) in [6.07, 6.45) is 1.77. The average Bonchev–Trinajstić information content (AvgIpc) is 3.12. The predicted octanol–water partition coefficient (Wildman–Crippen LogP) is 2.79. The van der Waals surface area contributed by atoms with E-state index in [1.807, 2.05) is 6.07 Å². The molecule has 5 rings (SSSR count). The third-order valence-corrected chi connectivity index (χ3v) is 5.71. The molecule has 2 aromatic carbocycles. The first kappa shape index (κ1) is 15.6. The van der Waals surface area contributed by atoms with Crippen molar-refractivity contribution in [2.75, 3.05) is 27.6 Å². The predicted molar refractivity (Wildman–Crippen MR) is 94.3 cm³/mol. The maximum absolute atomic E-state index is 10.5. The summed E-state index contributed by atoms with van der Waals surface area (Å²) in [7, 11) is 3.15. The molecule has 1 N–H and O–H groups in total. The fraction of sp³-hybridized carbons (Fsp3) is 0.400. The Bertz CT molecular complexity index is 895. The number of phenolic OH excluding ortho intramolecular Hbond substituents is 1. The van der Waals surface area contributed by atoms with Gasteiger partial charge >= 0.3 is 0 Å². The first-order valence-corrected chi connectivity index (χ1v) is 8.81. The van der Waals surface area contributed by atoms with Crippen molar-refractivity contribution in [3.05, 3.63) is 40.5 Å². The van der Waals surface area contributed by atoms with Gasteiger partial charge in [0.25, 0.3) is 0 Å². The molecular formula is C20H21NO5. The number of rotatable bonds is 2. The Labute approximate surface area is 151 Å². The van der Waals surface area contributed by atoms with Crippen molar-refractivity contribution in [3.8, 4) is 28.7 Å². The minimum atomic E-state index is 0.0731. The third-order valence-electron chi connectivity index (χ3n) is 5.71. The summed E-state index contributed by atoms with van der Waals surface area (Å²) in [5.41, 5.74) is 4.80. The minimum absolute atomic E-state index is 0.0731. The number of nitrogens with zero attached hydrogens (tertiary/aromatic N) is 1. The lowest BCUT2D eigenvalue weighted by Gasteiger charge is -2.42. The average molecular weight is 355 g/mol. The molecule has 2 aromatic rings. The highest BCUT2D eigenvalue weighted by molar-refractivity contribution is 5.60. The lowest BCUT2D eigenvalue weighted by molar-refractivity contribution is 0.158. The minimum Gasteiger partial charge on any atom is -0.502 e. The maximum atomic E-state index is 10.5. The Hall–Kier alpha value is -2.60. The van der Waals surface area contributed by atoms with Crippen LogP contribution in [0.1, 0.15) is 28.3 Å². The molecule has 0 saturated carbocycles. The molecule has 6 heteroatoms. The Morgan fingerprint density at radius 3 is 2.65 bits per heavy atom. The highest BCUT2D eigenvalue weighted by atomic mass is 16.7. The number of aromatic hydroxyl groups is 1. The SMILES string of the molecule is COc1cc2c(c(OC)c1O)CC1c3cc4c(cc3CCN1C2)OCO4. The van der Waals surface area contributed by atoms with Gasteiger partial charge in [-0.25, -0.2) is 0 Å². The quantitative estimate of drug-likeness (QED) is 0.894. The van der Waals surface area contributed by atoms with Crippen molar-refractivity contribution in [1.82, 2.24) is 4.90 Å². The summed E-state index contributed by atoms with van der Waals surface area (Å²) in [6, 6.07) is 6.41. The van der Waals surface area contributed by atoms with Gasteiger partial charge in [-0.15, -0.1) is 0 Å². The van der Waals surface area contributed by atoms with Crippen molar-refractivity contribution < 1.29 is 24.1 Å². The van der Waals surface area contributed by atoms with Crippen molar-refractivity contribution >= 4 is 0 Å². The second-order valence-corrected chi connectivity index (χ2v) is 6.94. The molecule has 1 unspecified atom stereocenters. The van der Waals surface area contributed by atoms with Crippen molar-refractivity contribution in [2.24, 2.45) is 0 Å². The molecule has 3 aliphatic rings. The molecule has 3 aliphatic heterocycles. The van der Waals surface area contributed by atoms with Crippen LogP contribution in [0.4, 0.5) is 0 Å². The molecule has 0 spiro atoms. The smallest absolute Gasteiger partial charge is 0.231 e. The molecule has 0 bridgehead atoms. The maximum Gasteiger partial charge on any atom is 0.231 e. The fourth-order valence-corrected chi connectivity index (χ4v) is 4.44. The zero-order valence-corrected chi connectivity index (χ0v) is 14.9. The van der Waals surface area contributed by atoms with Gasteiger partial charge in [0.15, 0.2) is 23.0 Å². The molecule has 0 aliphatic carbocycles. The molecule has 0 fully saturated rings. The zero-order chi connectivity index (χ0) is 17.8. The van der Waals surface area contributed by atoms with Crippen LogP contribution >= 0.6 is 0 Å². The van der Waals surface area contributed by atoms with Crippen LogP contribution in [0.25, 0.3) is 0 Å². The van der Waals surface area contributed by atoms with Gasteiger partial charge in [-0.1, -0.05) is 0 Å². The van der Waals surface area contributed by atoms with Crippen LogP contribution in [0, 0.1) is 0 Å². The Morgan fingerprint density at radius 1 is 1.08 bits per heavy atom. The number of ether oxygens (including phenoxy) is 4. The van der Waals surface area contributed by atoms with Gasteiger partial charge in [-0.05, 0) is 47.7 Å². The second-order valence-electron chi connectivity index (χ2n) is 6.94. The molecule has 3 heterocycles. The summed E-state index contributed by atoms with van der Waals surface area (Å²) >= 11 is 0. The lowest BCUT2D eigenvalue weighted by atomic mass is 9.83. The molecule has 6 nitrogen and oxygen atoms in total. The van der Waals surface area contributed by atoms with Gasteiger partial charge in [0.05, 0.1) is 14.2 Å². The van der Waals surface area contributed by atoms with Gasteiger partial charge in [0, 0.05) is 24.7 Å². The van der Waals surface area contributed by atoms with E-state index in [-0.39, 0.29) is 18.6 Å². The number of methoxy groups -OCH3 is 2. The molecular weight excluding hydrogens is 334 g/mol. The largest absolute Gasteiger partial charge is 0.502 e. The summed E-state index contributed by atoms with van der Waals surface area (Å²) in [4.78, 5) is 2.47. The first-order chi connectivity index (χ1) is 12.7. The number of hydrogen-bond donors (Lipinski definition) is 1. The first-order valence-electron chi connectivity index (χ1n) is 8.81. The van der Waals surface area contributed by atoms with E-state index in [4.69, 9.17) is 18.9 Å². The van der Waals surface area contributed by atoms with Crippen LogP contribution in [-0.2, 0) is 19.4 Å². The Balaban J connectivity index is 1.60. The molecule has 136 valence electrons. The second kappa shape index (κ2) is 5.71. The van der Waals surface area contributed by atoms with Gasteiger partial charge < -0.3 is 24.1 Å². The van der Waals surface area contributed by atoms with Crippen LogP contribution in [0.2, 0.25) is 0 Å². The van der Waals surface area contributed by atoms with E-state index in [9.17, 15) is 5.11 Å². The van der Waals surface area contributed by atoms with Crippen molar-refractivity contribution in [1.29, 1.82) is 0 Å². The normalized spacial score (nSPS) is 20.2. The van der Waals surface area contributed by atoms with Crippen LogP contribution in [0.15, 0.2) is 18.2 Å². The monoisotopic (exact) mass is 355 g/mol. The fourth-order valence-electron chi connectivity index (χ4n) is 4.44. The van der Waals surface area contributed by atoms with E-state index in [0.717, 1.165) is 48.6 Å². The van der Waals surface area contributed by atoms with Gasteiger partial charge in [0.1, 0.15) is 0 Å². The van der Waals surface area contributed by atoms with E-state index in [0.29, 0.717) is 11.5 Å². The molecule has 0 amide bonds. The lowest BCUT2D eigenvalue weighted by Crippen LogP contribution is -2.39.